The summed E-state index contributed by atoms with van der Waals surface area (Å²) in [6.45, 7) is 3.70. The van der Waals surface area contributed by atoms with Crippen molar-refractivity contribution in [1.29, 1.82) is 0 Å². The van der Waals surface area contributed by atoms with Crippen LogP contribution in [0, 0.1) is 13.8 Å². The zero-order valence-electron chi connectivity index (χ0n) is 11.3. The number of nitrogens with zero attached hydrogens (tertiary/aromatic N) is 2. The summed E-state index contributed by atoms with van der Waals surface area (Å²) in [5.74, 6) is 0.0642. The summed E-state index contributed by atoms with van der Waals surface area (Å²) >= 11 is 0. The summed E-state index contributed by atoms with van der Waals surface area (Å²) in [5.41, 5.74) is 7.50. The maximum Gasteiger partial charge on any atom is 0.264 e. The molecule has 20 heavy (non-hydrogen) atoms. The minimum Gasteiger partial charge on any atom is -0.326 e. The van der Waals surface area contributed by atoms with Gasteiger partial charge >= 0.3 is 0 Å². The van der Waals surface area contributed by atoms with E-state index < -0.39 is 10.0 Å². The maximum absolute atomic E-state index is 12.4. The van der Waals surface area contributed by atoms with Crippen molar-refractivity contribution in [2.45, 2.75) is 25.3 Å². The molecule has 106 valence electrons. The number of hydrogen-bond donors (Lipinski definition) is 2. The maximum atomic E-state index is 12.4. The lowest BCUT2D eigenvalue weighted by atomic mass is 10.2. The molecule has 0 fully saturated rings. The summed E-state index contributed by atoms with van der Waals surface area (Å²) in [4.78, 5) is 8.28. The van der Waals surface area contributed by atoms with E-state index in [4.69, 9.17) is 5.73 Å². The summed E-state index contributed by atoms with van der Waals surface area (Å²) in [5, 5.41) is 0. The molecule has 1 aromatic heterocycles. The lowest BCUT2D eigenvalue weighted by Crippen LogP contribution is -2.18. The van der Waals surface area contributed by atoms with Gasteiger partial charge in [0.2, 0.25) is 5.95 Å². The van der Waals surface area contributed by atoms with Crippen LogP contribution in [0.5, 0.6) is 0 Å². The highest BCUT2D eigenvalue weighted by atomic mass is 32.2. The number of aromatic nitrogens is 2. The van der Waals surface area contributed by atoms with Crippen LogP contribution in [-0.2, 0) is 16.6 Å². The third-order valence-corrected chi connectivity index (χ3v) is 4.12. The van der Waals surface area contributed by atoms with Crippen LogP contribution in [0.3, 0.4) is 0 Å². The first-order valence-electron chi connectivity index (χ1n) is 6.05. The second-order valence-electron chi connectivity index (χ2n) is 4.39. The SMILES string of the molecule is Cc1cc(C)nc(NS(=O)(=O)c2ccccc2CN)n1. The minimum atomic E-state index is -3.74. The molecule has 0 saturated carbocycles. The van der Waals surface area contributed by atoms with E-state index in [9.17, 15) is 8.42 Å². The number of hydrogen-bond acceptors (Lipinski definition) is 5. The zero-order valence-corrected chi connectivity index (χ0v) is 12.1. The Morgan fingerprint density at radius 2 is 1.75 bits per heavy atom. The molecule has 0 aliphatic carbocycles. The molecule has 1 aromatic carbocycles. The van der Waals surface area contributed by atoms with E-state index >= 15 is 0 Å². The standard InChI is InChI=1S/C13H16N4O2S/c1-9-7-10(2)16-13(15-9)17-20(18,19)12-6-4-3-5-11(12)8-14/h3-7H,8,14H2,1-2H3,(H,15,16,17). The molecule has 0 bridgehead atoms. The fraction of sp³-hybridized carbons (Fsp3) is 0.231. The van der Waals surface area contributed by atoms with Crippen LogP contribution < -0.4 is 10.5 Å². The van der Waals surface area contributed by atoms with Crippen molar-refractivity contribution in [2.75, 3.05) is 4.72 Å². The Morgan fingerprint density at radius 1 is 1.15 bits per heavy atom. The van der Waals surface area contributed by atoms with Gasteiger partial charge in [-0.25, -0.2) is 23.1 Å². The van der Waals surface area contributed by atoms with E-state index in [1.54, 1.807) is 38.1 Å². The van der Waals surface area contributed by atoms with E-state index in [2.05, 4.69) is 14.7 Å². The van der Waals surface area contributed by atoms with E-state index in [0.29, 0.717) is 17.0 Å². The predicted molar refractivity (Wildman–Crippen MR) is 76.6 cm³/mol. The van der Waals surface area contributed by atoms with Gasteiger partial charge in [-0.2, -0.15) is 0 Å². The zero-order chi connectivity index (χ0) is 14.8. The van der Waals surface area contributed by atoms with Crippen LogP contribution in [0.1, 0.15) is 17.0 Å². The lowest BCUT2D eigenvalue weighted by Gasteiger charge is -2.10. The van der Waals surface area contributed by atoms with Crippen molar-refractivity contribution >= 4 is 16.0 Å². The molecule has 3 N–H and O–H groups in total. The second kappa shape index (κ2) is 5.56. The molecule has 2 rings (SSSR count). The third kappa shape index (κ3) is 3.12. The molecule has 0 saturated heterocycles. The Balaban J connectivity index is 2.41. The second-order valence-corrected chi connectivity index (χ2v) is 6.04. The van der Waals surface area contributed by atoms with Crippen molar-refractivity contribution in [3.63, 3.8) is 0 Å². The van der Waals surface area contributed by atoms with E-state index in [0.717, 1.165) is 0 Å². The molecule has 0 aliphatic rings. The molecule has 1 heterocycles. The molecule has 0 radical (unpaired) electrons. The Labute approximate surface area is 118 Å². The minimum absolute atomic E-state index is 0.0642. The van der Waals surface area contributed by atoms with Gasteiger partial charge in [-0.15, -0.1) is 0 Å². The average molecular weight is 292 g/mol. The fourth-order valence-corrected chi connectivity index (χ4v) is 3.08. The van der Waals surface area contributed by atoms with Crippen LogP contribution in [0.25, 0.3) is 0 Å². The smallest absolute Gasteiger partial charge is 0.264 e. The van der Waals surface area contributed by atoms with Crippen LogP contribution >= 0.6 is 0 Å². The van der Waals surface area contributed by atoms with E-state index in [-0.39, 0.29) is 17.4 Å². The van der Waals surface area contributed by atoms with Gasteiger partial charge in [-0.3, -0.25) is 0 Å². The normalized spacial score (nSPS) is 11.3. The molecular weight excluding hydrogens is 276 g/mol. The highest BCUT2D eigenvalue weighted by Crippen LogP contribution is 2.18. The fourth-order valence-electron chi connectivity index (χ4n) is 1.88. The summed E-state index contributed by atoms with van der Waals surface area (Å²) in [7, 11) is -3.74. The molecule has 2 aromatic rings. The van der Waals surface area contributed by atoms with Gasteiger partial charge in [0.05, 0.1) is 4.90 Å². The quantitative estimate of drug-likeness (QED) is 0.886. The summed E-state index contributed by atoms with van der Waals surface area (Å²) < 4.78 is 27.1. The number of benzene rings is 1. The molecule has 7 heteroatoms. The number of nitrogens with two attached hydrogens (primary N) is 1. The third-order valence-electron chi connectivity index (χ3n) is 2.69. The van der Waals surface area contributed by atoms with Gasteiger partial charge in [0, 0.05) is 17.9 Å². The van der Waals surface area contributed by atoms with Crippen LogP contribution in [-0.4, -0.2) is 18.4 Å². The average Bonchev–Trinajstić information content (AvgIpc) is 2.36. The molecule has 0 aliphatic heterocycles. The number of nitrogens with one attached hydrogen (secondary N) is 1. The Hall–Kier alpha value is -1.99. The highest BCUT2D eigenvalue weighted by Gasteiger charge is 2.19. The largest absolute Gasteiger partial charge is 0.326 e. The van der Waals surface area contributed by atoms with Crippen molar-refractivity contribution in [3.8, 4) is 0 Å². The first-order valence-corrected chi connectivity index (χ1v) is 7.54. The topological polar surface area (TPSA) is 98.0 Å². The first kappa shape index (κ1) is 14.4. The number of sulfonamides is 1. The molecule has 0 amide bonds. The van der Waals surface area contributed by atoms with E-state index in [1.165, 1.54) is 6.07 Å². The lowest BCUT2D eigenvalue weighted by molar-refractivity contribution is 0.599. The van der Waals surface area contributed by atoms with Crippen LogP contribution in [0.15, 0.2) is 35.2 Å². The molecule has 0 atom stereocenters. The van der Waals surface area contributed by atoms with Crippen molar-refractivity contribution in [1.82, 2.24) is 9.97 Å². The molecule has 6 nitrogen and oxygen atoms in total. The molecule has 0 spiro atoms. The number of anilines is 1. The molecular formula is C13H16N4O2S. The van der Waals surface area contributed by atoms with E-state index in [1.807, 2.05) is 0 Å². The van der Waals surface area contributed by atoms with Gasteiger partial charge in [0.1, 0.15) is 0 Å². The van der Waals surface area contributed by atoms with Gasteiger partial charge < -0.3 is 5.73 Å². The Morgan fingerprint density at radius 3 is 2.35 bits per heavy atom. The predicted octanol–water partition coefficient (Wildman–Crippen LogP) is 1.35. The Kier molecular flexibility index (Phi) is 4.01. The Bertz CT molecular complexity index is 709. The monoisotopic (exact) mass is 292 g/mol. The number of aryl methyl sites for hydroxylation is 2. The van der Waals surface area contributed by atoms with Crippen LogP contribution in [0.2, 0.25) is 0 Å². The van der Waals surface area contributed by atoms with Gasteiger partial charge in [-0.1, -0.05) is 18.2 Å². The van der Waals surface area contributed by atoms with Crippen molar-refractivity contribution in [3.05, 3.63) is 47.3 Å². The highest BCUT2D eigenvalue weighted by molar-refractivity contribution is 7.92. The molecule has 0 unspecified atom stereocenters. The van der Waals surface area contributed by atoms with Crippen molar-refractivity contribution in [2.24, 2.45) is 5.73 Å². The first-order chi connectivity index (χ1) is 9.42. The van der Waals surface area contributed by atoms with Crippen molar-refractivity contribution < 1.29 is 8.42 Å². The van der Waals surface area contributed by atoms with Crippen LogP contribution in [0.4, 0.5) is 5.95 Å². The van der Waals surface area contributed by atoms with Gasteiger partial charge in [0.25, 0.3) is 10.0 Å². The summed E-state index contributed by atoms with van der Waals surface area (Å²) in [6.07, 6.45) is 0. The summed E-state index contributed by atoms with van der Waals surface area (Å²) in [6, 6.07) is 8.35. The van der Waals surface area contributed by atoms with Gasteiger partial charge in [-0.05, 0) is 31.5 Å². The number of rotatable bonds is 4. The van der Waals surface area contributed by atoms with Gasteiger partial charge in [0.15, 0.2) is 0 Å².